The number of hydrogen-bond donors (Lipinski definition) is 1. The SMILES string of the molecule is COc1ccccc1-c1cc([C@H]2CN3CC[C@H]2C[C@@H]3COC(=O)Nc2ccc(F)cc2F)n(C)n1. The third kappa shape index (κ3) is 4.73. The van der Waals surface area contributed by atoms with Crippen LogP contribution in [0.4, 0.5) is 19.3 Å². The van der Waals surface area contributed by atoms with Crippen molar-refractivity contribution in [2.45, 2.75) is 24.8 Å². The minimum atomic E-state index is -0.839. The number of benzene rings is 2. The molecule has 6 rings (SSSR count). The highest BCUT2D eigenvalue weighted by Gasteiger charge is 2.42. The summed E-state index contributed by atoms with van der Waals surface area (Å²) in [6, 6.07) is 13.1. The number of nitrogens with one attached hydrogen (secondary N) is 1. The van der Waals surface area contributed by atoms with Crippen LogP contribution in [0.25, 0.3) is 11.3 Å². The fraction of sp³-hybridized carbons (Fsp3) is 0.385. The summed E-state index contributed by atoms with van der Waals surface area (Å²) < 4.78 is 39.7. The van der Waals surface area contributed by atoms with Crippen molar-refractivity contribution in [1.82, 2.24) is 14.7 Å². The van der Waals surface area contributed by atoms with Crippen LogP contribution in [-0.2, 0) is 11.8 Å². The summed E-state index contributed by atoms with van der Waals surface area (Å²) in [7, 11) is 3.64. The highest BCUT2D eigenvalue weighted by molar-refractivity contribution is 5.84. The van der Waals surface area contributed by atoms with Gasteiger partial charge in [0.25, 0.3) is 0 Å². The van der Waals surface area contributed by atoms with Gasteiger partial charge in [0.05, 0.1) is 18.5 Å². The van der Waals surface area contributed by atoms with Crippen LogP contribution in [0.1, 0.15) is 24.5 Å². The summed E-state index contributed by atoms with van der Waals surface area (Å²) in [5, 5.41) is 7.11. The van der Waals surface area contributed by atoms with Gasteiger partial charge in [-0.05, 0) is 55.6 Å². The maximum absolute atomic E-state index is 13.8. The molecule has 184 valence electrons. The molecule has 3 aromatic rings. The Hall–Kier alpha value is -3.46. The molecule has 1 aromatic heterocycles. The topological polar surface area (TPSA) is 68.6 Å². The molecule has 7 nitrogen and oxygen atoms in total. The van der Waals surface area contributed by atoms with Gasteiger partial charge in [0.15, 0.2) is 0 Å². The third-order valence-corrected chi connectivity index (χ3v) is 7.13. The minimum Gasteiger partial charge on any atom is -0.496 e. The van der Waals surface area contributed by atoms with Crippen LogP contribution in [0.15, 0.2) is 48.5 Å². The van der Waals surface area contributed by atoms with E-state index in [1.807, 2.05) is 36.0 Å². The number of methoxy groups -OCH3 is 1. The molecule has 0 aliphatic carbocycles. The fourth-order valence-electron chi connectivity index (χ4n) is 5.37. The van der Waals surface area contributed by atoms with Gasteiger partial charge in [-0.25, -0.2) is 13.6 Å². The summed E-state index contributed by atoms with van der Waals surface area (Å²) >= 11 is 0. The molecule has 1 N–H and O–H groups in total. The summed E-state index contributed by atoms with van der Waals surface area (Å²) in [6.45, 7) is 2.02. The Labute approximate surface area is 202 Å². The van der Waals surface area contributed by atoms with Crippen LogP contribution < -0.4 is 10.1 Å². The highest BCUT2D eigenvalue weighted by Crippen LogP contribution is 2.43. The minimum absolute atomic E-state index is 0.107. The molecule has 2 bridgehead atoms. The molecular weight excluding hydrogens is 454 g/mol. The number of carbonyl (C=O) groups is 1. The number of para-hydroxylation sites is 1. The van der Waals surface area contributed by atoms with E-state index < -0.39 is 17.7 Å². The molecule has 1 unspecified atom stereocenters. The molecule has 35 heavy (non-hydrogen) atoms. The highest BCUT2D eigenvalue weighted by atomic mass is 19.1. The Balaban J connectivity index is 1.22. The number of rotatable bonds is 6. The van der Waals surface area contributed by atoms with Crippen molar-refractivity contribution >= 4 is 11.8 Å². The van der Waals surface area contributed by atoms with Crippen LogP contribution in [-0.4, -0.2) is 53.6 Å². The zero-order chi connectivity index (χ0) is 24.5. The van der Waals surface area contributed by atoms with Gasteiger partial charge < -0.3 is 9.47 Å². The Bertz CT molecular complexity index is 1230. The first kappa shape index (κ1) is 23.3. The standard InChI is InChI=1S/C26H28F2N4O3/c1-31-24(13-23(30-31)19-5-3-4-6-25(19)34-2)20-14-32-10-9-16(20)11-18(32)15-35-26(33)29-22-8-7-17(27)12-21(22)28/h3-8,12-13,16,18,20H,9-11,14-15H2,1-2H3,(H,29,33)/t16-,18+,20-/m0/s1. The number of fused-ring (bicyclic) bond motifs is 3. The lowest BCUT2D eigenvalue weighted by Crippen LogP contribution is -2.54. The number of ether oxygens (including phenoxy) is 2. The fourth-order valence-corrected chi connectivity index (χ4v) is 5.37. The molecule has 9 heteroatoms. The van der Waals surface area contributed by atoms with E-state index in [-0.39, 0.29) is 18.3 Å². The van der Waals surface area contributed by atoms with Crippen molar-refractivity contribution < 1.29 is 23.0 Å². The van der Waals surface area contributed by atoms with Crippen molar-refractivity contribution in [3.05, 3.63) is 65.9 Å². The van der Waals surface area contributed by atoms with Crippen molar-refractivity contribution in [3.8, 4) is 17.0 Å². The molecule has 4 atom stereocenters. The first-order chi connectivity index (χ1) is 16.9. The molecule has 3 fully saturated rings. The molecule has 3 aliphatic rings. The molecule has 2 aromatic carbocycles. The Morgan fingerprint density at radius 3 is 2.77 bits per heavy atom. The normalized spacial score (nSPS) is 23.2. The van der Waals surface area contributed by atoms with Crippen LogP contribution in [0.5, 0.6) is 5.75 Å². The van der Waals surface area contributed by atoms with Crippen molar-refractivity contribution in [3.63, 3.8) is 0 Å². The smallest absolute Gasteiger partial charge is 0.411 e. The quantitative estimate of drug-likeness (QED) is 0.547. The number of hydrogen-bond acceptors (Lipinski definition) is 5. The van der Waals surface area contributed by atoms with Crippen molar-refractivity contribution in [2.75, 3.05) is 32.1 Å². The molecule has 4 heterocycles. The van der Waals surface area contributed by atoms with Gasteiger partial charge in [0, 0.05) is 42.9 Å². The number of amides is 1. The van der Waals surface area contributed by atoms with E-state index >= 15 is 0 Å². The van der Waals surface area contributed by atoms with Gasteiger partial charge in [-0.2, -0.15) is 5.10 Å². The summed E-state index contributed by atoms with van der Waals surface area (Å²) in [6.07, 6.45) is 1.23. The Morgan fingerprint density at radius 2 is 2.03 bits per heavy atom. The number of aromatic nitrogens is 2. The zero-order valence-corrected chi connectivity index (χ0v) is 19.7. The Morgan fingerprint density at radius 1 is 1.20 bits per heavy atom. The number of aryl methyl sites for hydroxylation is 1. The van der Waals surface area contributed by atoms with E-state index in [0.29, 0.717) is 11.8 Å². The molecule has 1 amide bonds. The molecule has 0 spiro atoms. The van der Waals surface area contributed by atoms with Crippen LogP contribution in [0, 0.1) is 17.6 Å². The van der Waals surface area contributed by atoms with E-state index in [9.17, 15) is 13.6 Å². The third-order valence-electron chi connectivity index (χ3n) is 7.13. The van der Waals surface area contributed by atoms with E-state index in [1.54, 1.807) is 7.11 Å². The van der Waals surface area contributed by atoms with E-state index in [2.05, 4.69) is 16.3 Å². The maximum Gasteiger partial charge on any atom is 0.411 e. The van der Waals surface area contributed by atoms with Gasteiger partial charge in [-0.15, -0.1) is 0 Å². The lowest BCUT2D eigenvalue weighted by molar-refractivity contribution is -0.00223. The first-order valence-corrected chi connectivity index (χ1v) is 11.7. The predicted molar refractivity (Wildman–Crippen MR) is 127 cm³/mol. The second-order valence-corrected chi connectivity index (χ2v) is 9.17. The number of piperidine rings is 3. The average Bonchev–Trinajstić information content (AvgIpc) is 3.26. The molecule has 0 radical (unpaired) electrons. The van der Waals surface area contributed by atoms with Gasteiger partial charge in [0.1, 0.15) is 24.0 Å². The second-order valence-electron chi connectivity index (χ2n) is 9.17. The van der Waals surface area contributed by atoms with E-state index in [1.165, 1.54) is 11.8 Å². The zero-order valence-electron chi connectivity index (χ0n) is 19.7. The van der Waals surface area contributed by atoms with Crippen LogP contribution in [0.3, 0.4) is 0 Å². The molecule has 0 saturated carbocycles. The molecular formula is C26H28F2N4O3. The van der Waals surface area contributed by atoms with Gasteiger partial charge in [-0.3, -0.25) is 14.9 Å². The number of anilines is 1. The average molecular weight is 483 g/mol. The van der Waals surface area contributed by atoms with Crippen LogP contribution in [0.2, 0.25) is 0 Å². The van der Waals surface area contributed by atoms with Gasteiger partial charge in [0.2, 0.25) is 0 Å². The summed E-state index contributed by atoms with van der Waals surface area (Å²) in [5.74, 6) is 0.0386. The number of carbonyl (C=O) groups excluding carboxylic acids is 1. The summed E-state index contributed by atoms with van der Waals surface area (Å²) in [4.78, 5) is 14.5. The van der Waals surface area contributed by atoms with Crippen LogP contribution >= 0.6 is 0 Å². The van der Waals surface area contributed by atoms with E-state index in [0.717, 1.165) is 55.1 Å². The van der Waals surface area contributed by atoms with E-state index in [4.69, 9.17) is 14.6 Å². The number of halogens is 2. The maximum atomic E-state index is 13.8. The van der Waals surface area contributed by atoms with Crippen molar-refractivity contribution in [1.29, 1.82) is 0 Å². The molecule has 3 saturated heterocycles. The molecule has 3 aliphatic heterocycles. The van der Waals surface area contributed by atoms with Gasteiger partial charge >= 0.3 is 6.09 Å². The van der Waals surface area contributed by atoms with Crippen molar-refractivity contribution in [2.24, 2.45) is 13.0 Å². The lowest BCUT2D eigenvalue weighted by atomic mass is 9.74. The summed E-state index contributed by atoms with van der Waals surface area (Å²) in [5.41, 5.74) is 2.93. The monoisotopic (exact) mass is 482 g/mol. The Kier molecular flexibility index (Phi) is 6.42. The first-order valence-electron chi connectivity index (χ1n) is 11.7. The lowest BCUT2D eigenvalue weighted by Gasteiger charge is -2.49. The second kappa shape index (κ2) is 9.65. The van der Waals surface area contributed by atoms with Gasteiger partial charge in [-0.1, -0.05) is 12.1 Å². The largest absolute Gasteiger partial charge is 0.496 e. The predicted octanol–water partition coefficient (Wildman–Crippen LogP) is 4.80. The number of nitrogens with zero attached hydrogens (tertiary/aromatic N) is 3.